The van der Waals surface area contributed by atoms with Crippen molar-refractivity contribution in [1.82, 2.24) is 15.1 Å². The highest BCUT2D eigenvalue weighted by Gasteiger charge is 2.26. The smallest absolute Gasteiger partial charge is 0.263 e. The molecule has 1 amide bonds. The van der Waals surface area contributed by atoms with Crippen LogP contribution >= 0.6 is 11.3 Å². The highest BCUT2D eigenvalue weighted by molar-refractivity contribution is 7.14. The van der Waals surface area contributed by atoms with Gasteiger partial charge in [-0.1, -0.05) is 20.8 Å². The van der Waals surface area contributed by atoms with Gasteiger partial charge in [-0.15, -0.1) is 16.4 Å². The molecule has 3 rings (SSSR count). The van der Waals surface area contributed by atoms with Crippen molar-refractivity contribution in [2.75, 3.05) is 18.4 Å². The summed E-state index contributed by atoms with van der Waals surface area (Å²) in [5.74, 6) is 0.962. The van der Waals surface area contributed by atoms with E-state index in [2.05, 4.69) is 42.4 Å². The molecular weight excluding hydrogens is 320 g/mol. The van der Waals surface area contributed by atoms with Crippen LogP contribution in [-0.4, -0.2) is 40.1 Å². The van der Waals surface area contributed by atoms with Crippen LogP contribution in [0.3, 0.4) is 0 Å². The van der Waals surface area contributed by atoms with Crippen molar-refractivity contribution in [3.63, 3.8) is 0 Å². The number of hydrogen-bond acceptors (Lipinski definition) is 5. The number of anilines is 1. The predicted molar refractivity (Wildman–Crippen MR) is 97.6 cm³/mol. The molecule has 0 aromatic carbocycles. The summed E-state index contributed by atoms with van der Waals surface area (Å²) in [5.41, 5.74) is 0.0941. The molecule has 0 spiro atoms. The van der Waals surface area contributed by atoms with Crippen molar-refractivity contribution in [1.29, 1.82) is 0 Å². The Hall–Kier alpha value is -1.95. The number of aromatic nitrogens is 2. The van der Waals surface area contributed by atoms with Crippen molar-refractivity contribution in [3.8, 4) is 0 Å². The highest BCUT2D eigenvalue weighted by atomic mass is 32.1. The molecule has 1 aliphatic heterocycles. The molecule has 3 heterocycles. The van der Waals surface area contributed by atoms with E-state index in [9.17, 15) is 4.79 Å². The summed E-state index contributed by atoms with van der Waals surface area (Å²) in [7, 11) is 0. The average molecular weight is 344 g/mol. The molecule has 1 fully saturated rings. The van der Waals surface area contributed by atoms with Gasteiger partial charge in [-0.05, 0) is 42.5 Å². The van der Waals surface area contributed by atoms with E-state index in [1.807, 2.05) is 23.1 Å². The lowest BCUT2D eigenvalue weighted by molar-refractivity contribution is 0.0723. The second-order valence-corrected chi connectivity index (χ2v) is 8.32. The molecule has 0 saturated carbocycles. The van der Waals surface area contributed by atoms with Gasteiger partial charge in [0, 0.05) is 30.2 Å². The van der Waals surface area contributed by atoms with E-state index in [0.29, 0.717) is 6.04 Å². The Labute approximate surface area is 147 Å². The Kier molecular flexibility index (Phi) is 4.85. The molecule has 1 N–H and O–H groups in total. The normalized spacial score (nSPS) is 16.2. The van der Waals surface area contributed by atoms with Gasteiger partial charge in [0.2, 0.25) is 0 Å². The fraction of sp³-hybridized carbons (Fsp3) is 0.500. The van der Waals surface area contributed by atoms with Crippen LogP contribution < -0.4 is 5.32 Å². The number of nitrogens with zero attached hydrogens (tertiary/aromatic N) is 3. The number of nitrogens with one attached hydrogen (secondary N) is 1. The van der Waals surface area contributed by atoms with Crippen LogP contribution in [0.2, 0.25) is 0 Å². The Morgan fingerprint density at radius 3 is 2.58 bits per heavy atom. The van der Waals surface area contributed by atoms with Gasteiger partial charge in [-0.2, -0.15) is 5.10 Å². The molecule has 0 aliphatic carbocycles. The quantitative estimate of drug-likeness (QED) is 0.925. The van der Waals surface area contributed by atoms with E-state index in [0.717, 1.165) is 36.6 Å². The van der Waals surface area contributed by atoms with Gasteiger partial charge in [0.15, 0.2) is 0 Å². The zero-order chi connectivity index (χ0) is 17.2. The highest BCUT2D eigenvalue weighted by Crippen LogP contribution is 2.30. The number of carbonyl (C=O) groups excluding carboxylic acids is 1. The van der Waals surface area contributed by atoms with Crippen LogP contribution in [0.4, 0.5) is 5.82 Å². The molecule has 5 nitrogen and oxygen atoms in total. The zero-order valence-corrected chi connectivity index (χ0v) is 15.3. The first-order valence-corrected chi connectivity index (χ1v) is 9.19. The number of carbonyl (C=O) groups is 1. The number of thiophene rings is 1. The van der Waals surface area contributed by atoms with Crippen LogP contribution in [0.5, 0.6) is 0 Å². The van der Waals surface area contributed by atoms with Crippen molar-refractivity contribution in [3.05, 3.63) is 40.2 Å². The lowest BCUT2D eigenvalue weighted by Gasteiger charge is -2.32. The van der Waals surface area contributed by atoms with E-state index in [1.54, 1.807) is 17.5 Å². The van der Waals surface area contributed by atoms with E-state index in [1.165, 1.54) is 4.88 Å². The largest absolute Gasteiger partial charge is 0.366 e. The van der Waals surface area contributed by atoms with E-state index >= 15 is 0 Å². The van der Waals surface area contributed by atoms with Crippen molar-refractivity contribution in [2.24, 2.45) is 0 Å². The SMILES string of the molecule is CC(C)(C)c1ccc(C(=O)N2CCC(Nc3cccnn3)CC2)s1. The minimum atomic E-state index is 0.0941. The molecule has 24 heavy (non-hydrogen) atoms. The molecule has 0 atom stereocenters. The third-order valence-corrected chi connectivity index (χ3v) is 5.76. The van der Waals surface area contributed by atoms with Crippen molar-refractivity contribution in [2.45, 2.75) is 45.1 Å². The third-order valence-electron chi connectivity index (χ3n) is 4.26. The first kappa shape index (κ1) is 16.9. The van der Waals surface area contributed by atoms with Gasteiger partial charge in [0.1, 0.15) is 5.82 Å². The van der Waals surface area contributed by atoms with Gasteiger partial charge in [-0.25, -0.2) is 0 Å². The molecule has 1 aliphatic rings. The number of piperidine rings is 1. The summed E-state index contributed by atoms with van der Waals surface area (Å²) in [5, 5.41) is 11.3. The van der Waals surface area contributed by atoms with Gasteiger partial charge >= 0.3 is 0 Å². The Balaban J connectivity index is 1.56. The van der Waals surface area contributed by atoms with Crippen LogP contribution in [0.15, 0.2) is 30.5 Å². The minimum Gasteiger partial charge on any atom is -0.366 e. The maximum Gasteiger partial charge on any atom is 0.263 e. The zero-order valence-electron chi connectivity index (χ0n) is 14.5. The molecule has 128 valence electrons. The topological polar surface area (TPSA) is 58.1 Å². The molecular formula is C18H24N4OS. The first-order valence-electron chi connectivity index (χ1n) is 8.37. The van der Waals surface area contributed by atoms with Crippen LogP contribution in [0, 0.1) is 0 Å². The number of amides is 1. The summed E-state index contributed by atoms with van der Waals surface area (Å²) >= 11 is 1.62. The van der Waals surface area contributed by atoms with Crippen LogP contribution in [0.1, 0.15) is 48.2 Å². The minimum absolute atomic E-state index is 0.0941. The summed E-state index contributed by atoms with van der Waals surface area (Å²) in [4.78, 5) is 16.8. The average Bonchev–Trinajstić information content (AvgIpc) is 3.06. The second kappa shape index (κ2) is 6.89. The predicted octanol–water partition coefficient (Wildman–Crippen LogP) is 3.55. The summed E-state index contributed by atoms with van der Waals surface area (Å²) in [6.07, 6.45) is 3.53. The number of hydrogen-bond donors (Lipinski definition) is 1. The van der Waals surface area contributed by atoms with E-state index in [-0.39, 0.29) is 11.3 Å². The molecule has 2 aromatic heterocycles. The van der Waals surface area contributed by atoms with E-state index in [4.69, 9.17) is 0 Å². The first-order chi connectivity index (χ1) is 11.4. The number of rotatable bonds is 3. The fourth-order valence-electron chi connectivity index (χ4n) is 2.83. The molecule has 0 unspecified atom stereocenters. The fourth-order valence-corrected chi connectivity index (χ4v) is 3.86. The van der Waals surface area contributed by atoms with Crippen molar-refractivity contribution < 1.29 is 4.79 Å². The standard InChI is InChI=1S/C18H24N4OS/c1-18(2,3)15-7-6-14(24-15)17(23)22-11-8-13(9-12-22)20-16-5-4-10-19-21-16/h4-7,10,13H,8-9,11-12H2,1-3H3,(H,20,21). The van der Waals surface area contributed by atoms with Gasteiger partial charge < -0.3 is 10.2 Å². The van der Waals surface area contributed by atoms with E-state index < -0.39 is 0 Å². The second-order valence-electron chi connectivity index (χ2n) is 7.23. The Morgan fingerprint density at radius 1 is 1.25 bits per heavy atom. The Morgan fingerprint density at radius 2 is 2.00 bits per heavy atom. The summed E-state index contributed by atoms with van der Waals surface area (Å²) < 4.78 is 0. The van der Waals surface area contributed by atoms with Gasteiger partial charge in [0.25, 0.3) is 5.91 Å². The monoisotopic (exact) mass is 344 g/mol. The van der Waals surface area contributed by atoms with Crippen LogP contribution in [-0.2, 0) is 5.41 Å². The summed E-state index contributed by atoms with van der Waals surface area (Å²) in [6.45, 7) is 8.09. The van der Waals surface area contributed by atoms with Crippen molar-refractivity contribution >= 4 is 23.1 Å². The number of likely N-dealkylation sites (tertiary alicyclic amines) is 1. The van der Waals surface area contributed by atoms with Gasteiger partial charge in [0.05, 0.1) is 4.88 Å². The Bertz CT molecular complexity index is 685. The molecule has 2 aromatic rings. The third kappa shape index (κ3) is 3.93. The molecule has 6 heteroatoms. The molecule has 1 saturated heterocycles. The molecule has 0 bridgehead atoms. The maximum absolute atomic E-state index is 12.7. The lowest BCUT2D eigenvalue weighted by atomic mass is 9.95. The lowest BCUT2D eigenvalue weighted by Crippen LogP contribution is -2.42. The van der Waals surface area contributed by atoms with Gasteiger partial charge in [-0.3, -0.25) is 4.79 Å². The maximum atomic E-state index is 12.7. The van der Waals surface area contributed by atoms with Crippen LogP contribution in [0.25, 0.3) is 0 Å². The molecule has 0 radical (unpaired) electrons. The summed E-state index contributed by atoms with van der Waals surface area (Å²) in [6, 6.07) is 8.19.